The molecule has 2 aliphatic carbocycles. The Kier molecular flexibility index (Phi) is 5.37. The van der Waals surface area contributed by atoms with Gasteiger partial charge in [0.1, 0.15) is 5.41 Å². The second kappa shape index (κ2) is 8.32. The van der Waals surface area contributed by atoms with Crippen LogP contribution in [0.15, 0.2) is 78.9 Å². The number of hydrogen-bond acceptors (Lipinski definition) is 2. The fourth-order valence-corrected chi connectivity index (χ4v) is 5.36. The second-order valence-electron chi connectivity index (χ2n) is 8.87. The fraction of sp³-hybridized carbons (Fsp3) is 0.321. The van der Waals surface area contributed by atoms with Crippen molar-refractivity contribution in [2.45, 2.75) is 43.7 Å². The summed E-state index contributed by atoms with van der Waals surface area (Å²) in [5.74, 6) is 0.103. The van der Waals surface area contributed by atoms with E-state index in [1.807, 2.05) is 0 Å². The lowest BCUT2D eigenvalue weighted by atomic mass is 9.73. The number of carbonyl (C=O) groups excluding carboxylic acids is 1. The van der Waals surface area contributed by atoms with Crippen molar-refractivity contribution in [2.24, 2.45) is 0 Å². The Morgan fingerprint density at radius 1 is 0.903 bits per heavy atom. The Hall–Kier alpha value is -2.91. The zero-order chi connectivity index (χ0) is 21.3. The molecule has 1 N–H and O–H groups in total. The van der Waals surface area contributed by atoms with Gasteiger partial charge in [-0.1, -0.05) is 78.9 Å². The fourth-order valence-electron chi connectivity index (χ4n) is 5.36. The lowest BCUT2D eigenvalue weighted by molar-refractivity contribution is -0.125. The minimum atomic E-state index is -0.607. The van der Waals surface area contributed by atoms with E-state index in [1.54, 1.807) is 7.05 Å². The molecule has 1 amide bonds. The van der Waals surface area contributed by atoms with E-state index in [9.17, 15) is 4.79 Å². The van der Waals surface area contributed by atoms with Crippen LogP contribution in [-0.4, -0.2) is 30.4 Å². The highest BCUT2D eigenvalue weighted by atomic mass is 16.2. The van der Waals surface area contributed by atoms with E-state index in [4.69, 9.17) is 0 Å². The summed E-state index contributed by atoms with van der Waals surface area (Å²) in [6, 6.07) is 28.3. The smallest absolute Gasteiger partial charge is 0.234 e. The average molecular weight is 411 g/mol. The Balaban J connectivity index is 1.42. The molecule has 0 unspecified atom stereocenters. The van der Waals surface area contributed by atoms with Crippen LogP contribution < -0.4 is 5.32 Å². The van der Waals surface area contributed by atoms with Crippen LogP contribution >= 0.6 is 0 Å². The predicted molar refractivity (Wildman–Crippen MR) is 126 cm³/mol. The first-order chi connectivity index (χ1) is 15.2. The lowest BCUT2D eigenvalue weighted by Gasteiger charge is -2.31. The van der Waals surface area contributed by atoms with Gasteiger partial charge in [0.15, 0.2) is 0 Å². The maximum absolute atomic E-state index is 13.4. The number of hydrogen-bond donors (Lipinski definition) is 1. The summed E-state index contributed by atoms with van der Waals surface area (Å²) in [4.78, 5) is 16.1. The first kappa shape index (κ1) is 20.0. The third kappa shape index (κ3) is 3.57. The Bertz CT molecular complexity index is 1030. The molecule has 31 heavy (non-hydrogen) atoms. The molecule has 0 bridgehead atoms. The molecule has 0 heterocycles. The number of likely N-dealkylation sites (N-methyl/N-ethyl adjacent to an activating group) is 1. The van der Waals surface area contributed by atoms with Crippen molar-refractivity contribution in [1.29, 1.82) is 0 Å². The van der Waals surface area contributed by atoms with Crippen LogP contribution in [0.4, 0.5) is 0 Å². The van der Waals surface area contributed by atoms with Crippen LogP contribution in [0, 0.1) is 0 Å². The summed E-state index contributed by atoms with van der Waals surface area (Å²) in [7, 11) is 1.76. The molecule has 0 atom stereocenters. The van der Waals surface area contributed by atoms with Gasteiger partial charge in [0.25, 0.3) is 0 Å². The van der Waals surface area contributed by atoms with Gasteiger partial charge in [0, 0.05) is 19.6 Å². The third-order valence-electron chi connectivity index (χ3n) is 6.97. The van der Waals surface area contributed by atoms with Gasteiger partial charge in [0.05, 0.1) is 0 Å². The van der Waals surface area contributed by atoms with Gasteiger partial charge in [-0.25, -0.2) is 0 Å². The van der Waals surface area contributed by atoms with E-state index in [2.05, 4.69) is 89.1 Å². The summed E-state index contributed by atoms with van der Waals surface area (Å²) >= 11 is 0. The topological polar surface area (TPSA) is 32.3 Å². The minimum absolute atomic E-state index is 0.103. The Labute approximate surface area is 185 Å². The van der Waals surface area contributed by atoms with E-state index in [-0.39, 0.29) is 5.91 Å². The molecule has 0 aliphatic heterocycles. The molecule has 0 radical (unpaired) electrons. The second-order valence-corrected chi connectivity index (χ2v) is 8.87. The molecule has 1 saturated carbocycles. The zero-order valence-corrected chi connectivity index (χ0v) is 18.2. The molecule has 3 nitrogen and oxygen atoms in total. The van der Waals surface area contributed by atoms with Gasteiger partial charge in [-0.15, -0.1) is 0 Å². The standard InChI is InChI=1S/C28H30N2O/c1-29-27(31)28(25-14-7-5-12-23(25)24-13-6-8-15-26(24)28)18-9-19-30(22-16-17-22)20-21-10-3-2-4-11-21/h2-8,10-15,22H,9,16-20H2,1H3,(H,29,31). The molecule has 158 valence electrons. The monoisotopic (exact) mass is 410 g/mol. The van der Waals surface area contributed by atoms with Crippen LogP contribution in [0.5, 0.6) is 0 Å². The SMILES string of the molecule is CNC(=O)C1(CCCN(Cc2ccccc2)C2CC2)c2ccccc2-c2ccccc21. The summed E-state index contributed by atoms with van der Waals surface area (Å²) in [5, 5.41) is 2.99. The molecule has 2 aliphatic rings. The summed E-state index contributed by atoms with van der Waals surface area (Å²) < 4.78 is 0. The van der Waals surface area contributed by atoms with Crippen molar-refractivity contribution >= 4 is 5.91 Å². The largest absolute Gasteiger partial charge is 0.358 e. The van der Waals surface area contributed by atoms with Crippen LogP contribution in [0.25, 0.3) is 11.1 Å². The van der Waals surface area contributed by atoms with E-state index >= 15 is 0 Å². The number of rotatable bonds is 8. The molecular weight excluding hydrogens is 380 g/mol. The number of fused-ring (bicyclic) bond motifs is 3. The summed E-state index contributed by atoms with van der Waals surface area (Å²) in [5.41, 5.74) is 5.46. The van der Waals surface area contributed by atoms with Crippen molar-refractivity contribution in [3.05, 3.63) is 95.6 Å². The zero-order valence-electron chi connectivity index (χ0n) is 18.2. The number of nitrogens with one attached hydrogen (secondary N) is 1. The number of carbonyl (C=O) groups is 1. The number of amides is 1. The van der Waals surface area contributed by atoms with Crippen LogP contribution in [0.2, 0.25) is 0 Å². The molecule has 0 spiro atoms. The normalized spacial score (nSPS) is 16.1. The first-order valence-electron chi connectivity index (χ1n) is 11.4. The van der Waals surface area contributed by atoms with Crippen molar-refractivity contribution in [1.82, 2.24) is 10.2 Å². The highest BCUT2D eigenvalue weighted by molar-refractivity contribution is 6.00. The Morgan fingerprint density at radius 3 is 2.06 bits per heavy atom. The first-order valence-corrected chi connectivity index (χ1v) is 11.4. The quantitative estimate of drug-likeness (QED) is 0.557. The van der Waals surface area contributed by atoms with Gasteiger partial charge in [0.2, 0.25) is 5.91 Å². The van der Waals surface area contributed by atoms with Crippen molar-refractivity contribution in [3.63, 3.8) is 0 Å². The predicted octanol–water partition coefficient (Wildman–Crippen LogP) is 5.14. The van der Waals surface area contributed by atoms with Gasteiger partial charge >= 0.3 is 0 Å². The lowest BCUT2D eigenvalue weighted by Crippen LogP contribution is -2.43. The van der Waals surface area contributed by atoms with Crippen LogP contribution in [-0.2, 0) is 16.8 Å². The Morgan fingerprint density at radius 2 is 1.48 bits per heavy atom. The van der Waals surface area contributed by atoms with Gasteiger partial charge < -0.3 is 5.32 Å². The highest BCUT2D eigenvalue weighted by Crippen LogP contribution is 2.51. The maximum Gasteiger partial charge on any atom is 0.234 e. The average Bonchev–Trinajstić information content (AvgIpc) is 3.63. The molecule has 5 rings (SSSR count). The van der Waals surface area contributed by atoms with Crippen LogP contribution in [0.1, 0.15) is 42.4 Å². The van der Waals surface area contributed by atoms with E-state index in [1.165, 1.54) is 29.5 Å². The van der Waals surface area contributed by atoms with Gasteiger partial charge in [-0.3, -0.25) is 9.69 Å². The summed E-state index contributed by atoms with van der Waals surface area (Å²) in [6.07, 6.45) is 4.39. The van der Waals surface area contributed by atoms with E-state index in [0.717, 1.165) is 37.1 Å². The molecule has 3 aromatic rings. The number of benzene rings is 3. The number of nitrogens with zero attached hydrogens (tertiary/aromatic N) is 1. The molecule has 0 saturated heterocycles. The third-order valence-corrected chi connectivity index (χ3v) is 6.97. The molecule has 1 fully saturated rings. The van der Waals surface area contributed by atoms with Crippen LogP contribution in [0.3, 0.4) is 0 Å². The summed E-state index contributed by atoms with van der Waals surface area (Å²) in [6.45, 7) is 2.01. The van der Waals surface area contributed by atoms with E-state index < -0.39 is 5.41 Å². The van der Waals surface area contributed by atoms with Crippen molar-refractivity contribution in [2.75, 3.05) is 13.6 Å². The van der Waals surface area contributed by atoms with Crippen molar-refractivity contribution < 1.29 is 4.79 Å². The maximum atomic E-state index is 13.4. The van der Waals surface area contributed by atoms with Crippen molar-refractivity contribution in [3.8, 4) is 11.1 Å². The highest BCUT2D eigenvalue weighted by Gasteiger charge is 2.48. The molecular formula is C28H30N2O. The van der Waals surface area contributed by atoms with Gasteiger partial charge in [-0.2, -0.15) is 0 Å². The molecule has 0 aromatic heterocycles. The molecule has 3 aromatic carbocycles. The minimum Gasteiger partial charge on any atom is -0.358 e. The van der Waals surface area contributed by atoms with Gasteiger partial charge in [-0.05, 0) is 60.0 Å². The van der Waals surface area contributed by atoms with E-state index in [0.29, 0.717) is 6.04 Å². The molecule has 3 heteroatoms.